The SMILES string of the molecule is COc1ccc2nc(/N=C/c3c(O)ccc4ccccc34)sc2c1. The fraction of sp³-hybridized carbons (Fsp3) is 0.0526. The number of thiazole rings is 1. The molecule has 0 aliphatic heterocycles. The van der Waals surface area contributed by atoms with Crippen molar-refractivity contribution >= 4 is 43.7 Å². The maximum Gasteiger partial charge on any atom is 0.210 e. The molecule has 0 bridgehead atoms. The lowest BCUT2D eigenvalue weighted by molar-refractivity contribution is 0.415. The smallest absolute Gasteiger partial charge is 0.210 e. The van der Waals surface area contributed by atoms with Gasteiger partial charge in [-0.1, -0.05) is 41.7 Å². The number of rotatable bonds is 3. The molecule has 4 nitrogen and oxygen atoms in total. The summed E-state index contributed by atoms with van der Waals surface area (Å²) in [6, 6.07) is 17.2. The van der Waals surface area contributed by atoms with Crippen LogP contribution in [0.5, 0.6) is 11.5 Å². The van der Waals surface area contributed by atoms with Gasteiger partial charge in [0.2, 0.25) is 5.13 Å². The molecule has 0 saturated heterocycles. The van der Waals surface area contributed by atoms with E-state index < -0.39 is 0 Å². The topological polar surface area (TPSA) is 54.7 Å². The summed E-state index contributed by atoms with van der Waals surface area (Å²) in [5.41, 5.74) is 1.58. The Labute approximate surface area is 142 Å². The molecule has 0 fully saturated rings. The average Bonchev–Trinajstić information content (AvgIpc) is 3.02. The normalized spacial score (nSPS) is 11.5. The Morgan fingerprint density at radius 2 is 2.00 bits per heavy atom. The summed E-state index contributed by atoms with van der Waals surface area (Å²) in [7, 11) is 1.64. The molecular weight excluding hydrogens is 320 g/mol. The van der Waals surface area contributed by atoms with Crippen molar-refractivity contribution in [1.82, 2.24) is 4.98 Å². The van der Waals surface area contributed by atoms with Gasteiger partial charge < -0.3 is 9.84 Å². The molecule has 0 unspecified atom stereocenters. The van der Waals surface area contributed by atoms with Crippen LogP contribution in [-0.2, 0) is 0 Å². The lowest BCUT2D eigenvalue weighted by Gasteiger charge is -2.03. The van der Waals surface area contributed by atoms with Crippen LogP contribution in [0.15, 0.2) is 59.6 Å². The molecule has 1 N–H and O–H groups in total. The van der Waals surface area contributed by atoms with Crippen LogP contribution in [0.3, 0.4) is 0 Å². The van der Waals surface area contributed by atoms with E-state index in [-0.39, 0.29) is 5.75 Å². The van der Waals surface area contributed by atoms with Crippen LogP contribution < -0.4 is 4.74 Å². The fourth-order valence-corrected chi connectivity index (χ4v) is 3.45. The van der Waals surface area contributed by atoms with Gasteiger partial charge in [0.25, 0.3) is 0 Å². The van der Waals surface area contributed by atoms with E-state index in [0.717, 1.165) is 26.7 Å². The highest BCUT2D eigenvalue weighted by Crippen LogP contribution is 2.31. The molecule has 0 radical (unpaired) electrons. The maximum absolute atomic E-state index is 10.2. The number of aliphatic imine (C=N–C) groups is 1. The van der Waals surface area contributed by atoms with Gasteiger partial charge in [0.15, 0.2) is 0 Å². The van der Waals surface area contributed by atoms with E-state index in [2.05, 4.69) is 9.98 Å². The number of fused-ring (bicyclic) bond motifs is 2. The van der Waals surface area contributed by atoms with Crippen LogP contribution in [0.2, 0.25) is 0 Å². The third-order valence-corrected chi connectivity index (χ3v) is 4.76. The van der Waals surface area contributed by atoms with E-state index in [1.54, 1.807) is 19.4 Å². The minimum Gasteiger partial charge on any atom is -0.507 e. The number of methoxy groups -OCH3 is 1. The molecule has 4 aromatic rings. The zero-order chi connectivity index (χ0) is 16.5. The summed E-state index contributed by atoms with van der Waals surface area (Å²) in [5, 5.41) is 12.8. The third-order valence-electron chi connectivity index (χ3n) is 3.84. The molecule has 0 saturated carbocycles. The van der Waals surface area contributed by atoms with E-state index in [0.29, 0.717) is 10.7 Å². The van der Waals surface area contributed by atoms with E-state index in [9.17, 15) is 5.11 Å². The fourth-order valence-electron chi connectivity index (χ4n) is 2.61. The summed E-state index contributed by atoms with van der Waals surface area (Å²) in [4.78, 5) is 8.96. The molecular formula is C19H14N2O2S. The first-order chi connectivity index (χ1) is 11.7. The highest BCUT2D eigenvalue weighted by atomic mass is 32.1. The molecule has 0 amide bonds. The number of nitrogens with zero attached hydrogens (tertiary/aromatic N) is 2. The second-order valence-corrected chi connectivity index (χ2v) is 6.32. The molecule has 0 aliphatic rings. The predicted octanol–water partition coefficient (Wildman–Crippen LogP) is 4.91. The van der Waals surface area contributed by atoms with Crippen LogP contribution in [-0.4, -0.2) is 23.4 Å². The first-order valence-electron chi connectivity index (χ1n) is 7.44. The van der Waals surface area contributed by atoms with Crippen LogP contribution in [0.4, 0.5) is 5.13 Å². The van der Waals surface area contributed by atoms with Crippen LogP contribution in [0.1, 0.15) is 5.56 Å². The Kier molecular flexibility index (Phi) is 3.63. The first-order valence-corrected chi connectivity index (χ1v) is 8.25. The van der Waals surface area contributed by atoms with Crippen molar-refractivity contribution in [2.45, 2.75) is 0 Å². The summed E-state index contributed by atoms with van der Waals surface area (Å²) in [5.74, 6) is 1.01. The van der Waals surface area contributed by atoms with E-state index >= 15 is 0 Å². The molecule has 4 rings (SSSR count). The van der Waals surface area contributed by atoms with Crippen molar-refractivity contribution < 1.29 is 9.84 Å². The van der Waals surface area contributed by atoms with E-state index in [4.69, 9.17) is 4.74 Å². The molecule has 0 spiro atoms. The van der Waals surface area contributed by atoms with Gasteiger partial charge >= 0.3 is 0 Å². The highest BCUT2D eigenvalue weighted by molar-refractivity contribution is 7.22. The van der Waals surface area contributed by atoms with Gasteiger partial charge in [-0.15, -0.1) is 0 Å². The summed E-state index contributed by atoms with van der Waals surface area (Å²) in [6.07, 6.45) is 1.67. The van der Waals surface area contributed by atoms with Gasteiger partial charge in [-0.25, -0.2) is 9.98 Å². The van der Waals surface area contributed by atoms with Gasteiger partial charge in [-0.3, -0.25) is 0 Å². The first kappa shape index (κ1) is 14.7. The number of hydrogen-bond donors (Lipinski definition) is 1. The predicted molar refractivity (Wildman–Crippen MR) is 99.0 cm³/mol. The lowest BCUT2D eigenvalue weighted by Crippen LogP contribution is -1.85. The zero-order valence-electron chi connectivity index (χ0n) is 12.9. The summed E-state index contributed by atoms with van der Waals surface area (Å²) < 4.78 is 6.25. The number of hydrogen-bond acceptors (Lipinski definition) is 5. The van der Waals surface area contributed by atoms with Crippen molar-refractivity contribution in [2.24, 2.45) is 4.99 Å². The molecule has 1 aromatic heterocycles. The standard InChI is InChI=1S/C19H14N2O2S/c1-23-13-7-8-16-18(10-13)24-19(21-16)20-11-15-14-5-3-2-4-12(14)6-9-17(15)22/h2-11,22H,1H3/b20-11+. The molecule has 0 aliphatic carbocycles. The largest absolute Gasteiger partial charge is 0.507 e. The van der Waals surface area contributed by atoms with Crippen molar-refractivity contribution in [3.8, 4) is 11.5 Å². The van der Waals surface area contributed by atoms with Gasteiger partial charge in [0.05, 0.1) is 17.3 Å². The minimum atomic E-state index is 0.209. The molecule has 3 aromatic carbocycles. The summed E-state index contributed by atoms with van der Waals surface area (Å²) >= 11 is 1.49. The monoisotopic (exact) mass is 334 g/mol. The number of benzene rings is 3. The Morgan fingerprint density at radius 3 is 2.88 bits per heavy atom. The number of aromatic nitrogens is 1. The average molecular weight is 334 g/mol. The Balaban J connectivity index is 1.76. The zero-order valence-corrected chi connectivity index (χ0v) is 13.7. The van der Waals surface area contributed by atoms with Gasteiger partial charge in [-0.2, -0.15) is 0 Å². The van der Waals surface area contributed by atoms with Gasteiger partial charge in [0.1, 0.15) is 11.5 Å². The number of phenols is 1. The molecule has 1 heterocycles. The van der Waals surface area contributed by atoms with Gasteiger partial charge in [-0.05, 0) is 35.0 Å². The highest BCUT2D eigenvalue weighted by Gasteiger charge is 2.06. The van der Waals surface area contributed by atoms with Crippen molar-refractivity contribution in [1.29, 1.82) is 0 Å². The number of aromatic hydroxyl groups is 1. The Morgan fingerprint density at radius 1 is 1.12 bits per heavy atom. The second-order valence-electron chi connectivity index (χ2n) is 5.31. The van der Waals surface area contributed by atoms with Crippen LogP contribution in [0, 0.1) is 0 Å². The van der Waals surface area contributed by atoms with E-state index in [1.807, 2.05) is 48.5 Å². The molecule has 24 heavy (non-hydrogen) atoms. The third kappa shape index (κ3) is 2.59. The van der Waals surface area contributed by atoms with Crippen molar-refractivity contribution in [3.63, 3.8) is 0 Å². The lowest BCUT2D eigenvalue weighted by atomic mass is 10.0. The summed E-state index contributed by atoms with van der Waals surface area (Å²) in [6.45, 7) is 0. The minimum absolute atomic E-state index is 0.209. The van der Waals surface area contributed by atoms with Crippen molar-refractivity contribution in [2.75, 3.05) is 7.11 Å². The molecule has 5 heteroatoms. The molecule has 0 atom stereocenters. The van der Waals surface area contributed by atoms with E-state index in [1.165, 1.54) is 11.3 Å². The Hall–Kier alpha value is -2.92. The number of phenolic OH excluding ortho intramolecular Hbond substituents is 1. The maximum atomic E-state index is 10.2. The van der Waals surface area contributed by atoms with Crippen LogP contribution >= 0.6 is 11.3 Å². The Bertz CT molecular complexity index is 1070. The number of ether oxygens (including phenoxy) is 1. The molecule has 118 valence electrons. The second kappa shape index (κ2) is 5.94. The van der Waals surface area contributed by atoms with Gasteiger partial charge in [0, 0.05) is 11.8 Å². The van der Waals surface area contributed by atoms with Crippen molar-refractivity contribution in [3.05, 3.63) is 60.2 Å². The quantitative estimate of drug-likeness (QED) is 0.541. The van der Waals surface area contributed by atoms with Crippen LogP contribution in [0.25, 0.3) is 21.0 Å².